The number of hydrogen-bond donors (Lipinski definition) is 4. The van der Waals surface area contributed by atoms with Crippen molar-refractivity contribution in [2.75, 3.05) is 18.8 Å². The predicted octanol–water partition coefficient (Wildman–Crippen LogP) is -1.28. The van der Waals surface area contributed by atoms with Crippen LogP contribution in [-0.2, 0) is 4.79 Å². The standard InChI is InChI=1S/C7H15N3OS/c8-5-1-2-9-6(5)7(11)10-3-4-12/h5-6,9,12H,1-4,8H2,(H,10,11)/t5?,6-/m0/s1. The average Bonchev–Trinajstić information content (AvgIpc) is 2.47. The highest BCUT2D eigenvalue weighted by Crippen LogP contribution is 2.03. The fourth-order valence-electron chi connectivity index (χ4n) is 1.30. The molecule has 0 aliphatic carbocycles. The lowest BCUT2D eigenvalue weighted by atomic mass is 10.1. The molecule has 5 heteroatoms. The van der Waals surface area contributed by atoms with Crippen molar-refractivity contribution in [1.29, 1.82) is 0 Å². The first-order valence-corrected chi connectivity index (χ1v) is 4.76. The van der Waals surface area contributed by atoms with Crippen LogP contribution in [0.15, 0.2) is 0 Å². The van der Waals surface area contributed by atoms with Crippen LogP contribution in [-0.4, -0.2) is 36.8 Å². The highest BCUT2D eigenvalue weighted by atomic mass is 32.1. The molecule has 1 saturated heterocycles. The maximum atomic E-state index is 11.3. The fourth-order valence-corrected chi connectivity index (χ4v) is 1.41. The molecule has 4 nitrogen and oxygen atoms in total. The van der Waals surface area contributed by atoms with Gasteiger partial charge in [-0.15, -0.1) is 0 Å². The summed E-state index contributed by atoms with van der Waals surface area (Å²) in [6, 6.07) is -0.241. The van der Waals surface area contributed by atoms with Gasteiger partial charge in [0.25, 0.3) is 0 Å². The van der Waals surface area contributed by atoms with Crippen molar-refractivity contribution in [2.45, 2.75) is 18.5 Å². The van der Waals surface area contributed by atoms with Gasteiger partial charge in [-0.2, -0.15) is 12.6 Å². The normalized spacial score (nSPS) is 28.8. The van der Waals surface area contributed by atoms with Crippen molar-refractivity contribution in [3.63, 3.8) is 0 Å². The molecule has 12 heavy (non-hydrogen) atoms. The first kappa shape index (κ1) is 9.83. The van der Waals surface area contributed by atoms with E-state index in [1.807, 2.05) is 0 Å². The van der Waals surface area contributed by atoms with Crippen molar-refractivity contribution in [1.82, 2.24) is 10.6 Å². The minimum Gasteiger partial charge on any atom is -0.354 e. The zero-order chi connectivity index (χ0) is 8.97. The Morgan fingerprint density at radius 1 is 1.75 bits per heavy atom. The minimum absolute atomic E-state index is 0.00551. The summed E-state index contributed by atoms with van der Waals surface area (Å²) in [5, 5.41) is 5.80. The van der Waals surface area contributed by atoms with E-state index < -0.39 is 0 Å². The van der Waals surface area contributed by atoms with Crippen molar-refractivity contribution in [2.24, 2.45) is 5.73 Å². The molecule has 1 aliphatic heterocycles. The molecule has 1 amide bonds. The molecule has 2 atom stereocenters. The Balaban J connectivity index is 2.30. The average molecular weight is 189 g/mol. The molecule has 1 rings (SSSR count). The van der Waals surface area contributed by atoms with Crippen LogP contribution in [0.1, 0.15) is 6.42 Å². The predicted molar refractivity (Wildman–Crippen MR) is 51.2 cm³/mol. The second kappa shape index (κ2) is 4.69. The maximum absolute atomic E-state index is 11.3. The van der Waals surface area contributed by atoms with Gasteiger partial charge in [0.05, 0.1) is 0 Å². The lowest BCUT2D eigenvalue weighted by Gasteiger charge is -2.14. The Hall–Kier alpha value is -0.260. The third-order valence-corrected chi connectivity index (χ3v) is 2.19. The third-order valence-electron chi connectivity index (χ3n) is 1.96. The monoisotopic (exact) mass is 189 g/mol. The summed E-state index contributed by atoms with van der Waals surface area (Å²) < 4.78 is 0. The number of amides is 1. The molecule has 70 valence electrons. The minimum atomic E-state index is -0.204. The Morgan fingerprint density at radius 3 is 3.00 bits per heavy atom. The van der Waals surface area contributed by atoms with E-state index in [1.54, 1.807) is 0 Å². The van der Waals surface area contributed by atoms with E-state index >= 15 is 0 Å². The van der Waals surface area contributed by atoms with Crippen LogP contribution < -0.4 is 16.4 Å². The number of carbonyl (C=O) groups excluding carboxylic acids is 1. The second-order valence-electron chi connectivity index (χ2n) is 2.90. The van der Waals surface area contributed by atoms with Crippen molar-refractivity contribution >= 4 is 18.5 Å². The van der Waals surface area contributed by atoms with Gasteiger partial charge in [-0.05, 0) is 13.0 Å². The van der Waals surface area contributed by atoms with Crippen LogP contribution in [0.4, 0.5) is 0 Å². The number of hydrogen-bond acceptors (Lipinski definition) is 4. The Kier molecular flexibility index (Phi) is 3.84. The van der Waals surface area contributed by atoms with E-state index in [4.69, 9.17) is 5.73 Å². The summed E-state index contributed by atoms with van der Waals surface area (Å²) in [6.07, 6.45) is 0.874. The molecule has 1 aliphatic rings. The van der Waals surface area contributed by atoms with Crippen molar-refractivity contribution in [3.05, 3.63) is 0 Å². The Morgan fingerprint density at radius 2 is 2.50 bits per heavy atom. The third kappa shape index (κ3) is 2.36. The van der Waals surface area contributed by atoms with Crippen molar-refractivity contribution in [3.8, 4) is 0 Å². The fraction of sp³-hybridized carbons (Fsp3) is 0.857. The smallest absolute Gasteiger partial charge is 0.238 e. The largest absolute Gasteiger partial charge is 0.354 e. The molecule has 0 saturated carbocycles. The highest BCUT2D eigenvalue weighted by molar-refractivity contribution is 7.80. The summed E-state index contributed by atoms with van der Waals surface area (Å²) in [7, 11) is 0. The summed E-state index contributed by atoms with van der Waals surface area (Å²) in [6.45, 7) is 1.44. The topological polar surface area (TPSA) is 67.1 Å². The van der Waals surface area contributed by atoms with Crippen LogP contribution in [0, 0.1) is 0 Å². The number of thiol groups is 1. The van der Waals surface area contributed by atoms with Gasteiger partial charge in [0, 0.05) is 18.3 Å². The zero-order valence-electron chi connectivity index (χ0n) is 6.92. The lowest BCUT2D eigenvalue weighted by molar-refractivity contribution is -0.122. The van der Waals surface area contributed by atoms with Gasteiger partial charge in [0.15, 0.2) is 0 Å². The van der Waals surface area contributed by atoms with Crippen LogP contribution >= 0.6 is 12.6 Å². The molecule has 1 fully saturated rings. The van der Waals surface area contributed by atoms with Crippen LogP contribution in [0.3, 0.4) is 0 Å². The molecule has 0 bridgehead atoms. The molecule has 1 heterocycles. The SMILES string of the molecule is NC1CCN[C@@H]1C(=O)NCCS. The van der Waals surface area contributed by atoms with Gasteiger partial charge >= 0.3 is 0 Å². The van der Waals surface area contributed by atoms with E-state index in [1.165, 1.54) is 0 Å². The molecular formula is C7H15N3OS. The molecule has 0 aromatic heterocycles. The van der Waals surface area contributed by atoms with Gasteiger partial charge in [-0.25, -0.2) is 0 Å². The maximum Gasteiger partial charge on any atom is 0.238 e. The van der Waals surface area contributed by atoms with Gasteiger partial charge < -0.3 is 16.4 Å². The molecule has 0 aromatic rings. The van der Waals surface area contributed by atoms with E-state index in [0.29, 0.717) is 12.3 Å². The Labute approximate surface area is 77.7 Å². The summed E-state index contributed by atoms with van der Waals surface area (Å²) in [4.78, 5) is 11.3. The summed E-state index contributed by atoms with van der Waals surface area (Å²) in [5.41, 5.74) is 5.71. The van der Waals surface area contributed by atoms with E-state index in [2.05, 4.69) is 23.3 Å². The van der Waals surface area contributed by atoms with E-state index in [0.717, 1.165) is 13.0 Å². The van der Waals surface area contributed by atoms with Gasteiger partial charge in [-0.1, -0.05) is 0 Å². The highest BCUT2D eigenvalue weighted by Gasteiger charge is 2.29. The summed E-state index contributed by atoms with van der Waals surface area (Å²) in [5.74, 6) is 0.655. The van der Waals surface area contributed by atoms with Gasteiger partial charge in [0.2, 0.25) is 5.91 Å². The summed E-state index contributed by atoms with van der Waals surface area (Å²) >= 11 is 3.99. The van der Waals surface area contributed by atoms with Crippen LogP contribution in [0.25, 0.3) is 0 Å². The van der Waals surface area contributed by atoms with Gasteiger partial charge in [0.1, 0.15) is 6.04 Å². The molecule has 1 unspecified atom stereocenters. The molecule has 0 aromatic carbocycles. The quantitative estimate of drug-likeness (QED) is 0.418. The number of rotatable bonds is 3. The number of nitrogens with two attached hydrogens (primary N) is 1. The molecular weight excluding hydrogens is 174 g/mol. The first-order valence-electron chi connectivity index (χ1n) is 4.13. The molecule has 4 N–H and O–H groups in total. The van der Waals surface area contributed by atoms with E-state index in [9.17, 15) is 4.79 Å². The Bertz CT molecular complexity index is 165. The van der Waals surface area contributed by atoms with E-state index in [-0.39, 0.29) is 18.0 Å². The number of nitrogens with one attached hydrogen (secondary N) is 2. The first-order chi connectivity index (χ1) is 5.75. The van der Waals surface area contributed by atoms with Crippen molar-refractivity contribution < 1.29 is 4.79 Å². The molecule has 0 radical (unpaired) electrons. The zero-order valence-corrected chi connectivity index (χ0v) is 7.81. The lowest BCUT2D eigenvalue weighted by Crippen LogP contribution is -2.49. The molecule has 0 spiro atoms. The van der Waals surface area contributed by atoms with Crippen LogP contribution in [0.2, 0.25) is 0 Å². The van der Waals surface area contributed by atoms with Gasteiger partial charge in [-0.3, -0.25) is 4.79 Å². The second-order valence-corrected chi connectivity index (χ2v) is 3.35. The number of carbonyl (C=O) groups is 1. The van der Waals surface area contributed by atoms with Crippen LogP contribution in [0.5, 0.6) is 0 Å².